The van der Waals surface area contributed by atoms with E-state index in [1.807, 2.05) is 0 Å². The molecule has 2 saturated carbocycles. The highest BCUT2D eigenvalue weighted by molar-refractivity contribution is 5.38. The van der Waals surface area contributed by atoms with Crippen LogP contribution in [0, 0.1) is 17.8 Å². The van der Waals surface area contributed by atoms with Crippen LogP contribution in [0.1, 0.15) is 26.7 Å². The minimum absolute atomic E-state index is 0.185. The van der Waals surface area contributed by atoms with Crippen molar-refractivity contribution in [1.29, 1.82) is 0 Å². The Morgan fingerprint density at radius 3 is 2.80 bits per heavy atom. The van der Waals surface area contributed by atoms with E-state index in [2.05, 4.69) is 26.0 Å². The summed E-state index contributed by atoms with van der Waals surface area (Å²) in [6, 6.07) is 0. The zero-order valence-electron chi connectivity index (χ0n) is 9.35. The summed E-state index contributed by atoms with van der Waals surface area (Å²) < 4.78 is 12.5. The van der Waals surface area contributed by atoms with Crippen LogP contribution < -0.4 is 0 Å². The lowest BCUT2D eigenvalue weighted by molar-refractivity contribution is -0.0939. The van der Waals surface area contributed by atoms with Crippen LogP contribution in [0.4, 0.5) is 0 Å². The van der Waals surface area contributed by atoms with Gasteiger partial charge in [-0.2, -0.15) is 0 Å². The van der Waals surface area contributed by atoms with Gasteiger partial charge < -0.3 is 9.47 Å². The van der Waals surface area contributed by atoms with Gasteiger partial charge in [0.2, 0.25) is 0 Å². The van der Waals surface area contributed by atoms with Crippen LogP contribution in [0.15, 0.2) is 12.2 Å². The number of ether oxygens (including phenoxy) is 2. The van der Waals surface area contributed by atoms with Crippen LogP contribution in [-0.2, 0) is 9.47 Å². The van der Waals surface area contributed by atoms with Crippen LogP contribution in [0.5, 0.6) is 0 Å². The Morgan fingerprint density at radius 1 is 1.13 bits per heavy atom. The zero-order valence-corrected chi connectivity index (χ0v) is 9.35. The molecule has 7 atom stereocenters. The van der Waals surface area contributed by atoms with E-state index in [-0.39, 0.29) is 5.60 Å². The Bertz CT molecular complexity index is 337. The summed E-state index contributed by atoms with van der Waals surface area (Å²) in [7, 11) is 0. The summed E-state index contributed by atoms with van der Waals surface area (Å²) in [5.74, 6) is 2.00. The second-order valence-corrected chi connectivity index (χ2v) is 5.78. The Morgan fingerprint density at radius 2 is 2.00 bits per heavy atom. The Labute approximate surface area is 90.6 Å². The highest BCUT2D eigenvalue weighted by Gasteiger charge is 2.78. The van der Waals surface area contributed by atoms with Crippen LogP contribution in [0.3, 0.4) is 0 Å². The molecule has 4 rings (SSSR count). The lowest BCUT2D eigenvalue weighted by atomic mass is 10.0. The van der Waals surface area contributed by atoms with Crippen molar-refractivity contribution >= 4 is 0 Å². The molecule has 1 aliphatic heterocycles. The molecule has 0 N–H and O–H groups in total. The molecule has 1 heterocycles. The predicted octanol–water partition coefficient (Wildman–Crippen LogP) is 2.14. The second kappa shape index (κ2) is 2.49. The summed E-state index contributed by atoms with van der Waals surface area (Å²) in [4.78, 5) is 0. The molecule has 0 aromatic carbocycles. The Kier molecular flexibility index (Phi) is 1.46. The lowest BCUT2D eigenvalue weighted by Crippen LogP contribution is -2.31. The molecule has 0 aromatic rings. The molecule has 3 aliphatic carbocycles. The molecule has 1 saturated heterocycles. The fourth-order valence-electron chi connectivity index (χ4n) is 4.39. The summed E-state index contributed by atoms with van der Waals surface area (Å²) in [5, 5.41) is 0. The maximum atomic E-state index is 6.36. The van der Waals surface area contributed by atoms with Gasteiger partial charge in [-0.05, 0) is 26.7 Å². The van der Waals surface area contributed by atoms with E-state index in [0.717, 1.165) is 6.42 Å². The first kappa shape index (κ1) is 8.77. The molecule has 2 nitrogen and oxygen atoms in total. The molecule has 15 heavy (non-hydrogen) atoms. The summed E-state index contributed by atoms with van der Waals surface area (Å²) in [5.41, 5.74) is 0.185. The largest absolute Gasteiger partial charge is 0.375 e. The van der Waals surface area contributed by atoms with Crippen molar-refractivity contribution in [2.45, 2.75) is 50.6 Å². The van der Waals surface area contributed by atoms with E-state index >= 15 is 0 Å². The monoisotopic (exact) mass is 206 g/mol. The molecular formula is C13H18O2. The number of hydrogen-bond donors (Lipinski definition) is 0. The van der Waals surface area contributed by atoms with Gasteiger partial charge in [-0.15, -0.1) is 0 Å². The van der Waals surface area contributed by atoms with E-state index in [0.29, 0.717) is 36.1 Å². The van der Waals surface area contributed by atoms with E-state index < -0.39 is 0 Å². The van der Waals surface area contributed by atoms with E-state index in [1.165, 1.54) is 6.42 Å². The summed E-state index contributed by atoms with van der Waals surface area (Å²) in [6.45, 7) is 4.38. The number of rotatable bonds is 0. The average molecular weight is 206 g/mol. The van der Waals surface area contributed by atoms with Gasteiger partial charge >= 0.3 is 0 Å². The molecule has 3 fully saturated rings. The van der Waals surface area contributed by atoms with Crippen molar-refractivity contribution in [2.75, 3.05) is 0 Å². The first-order valence-electron chi connectivity index (χ1n) is 6.23. The molecule has 0 unspecified atom stereocenters. The second-order valence-electron chi connectivity index (χ2n) is 5.78. The van der Waals surface area contributed by atoms with Crippen LogP contribution in [0.25, 0.3) is 0 Å². The molecule has 0 amide bonds. The van der Waals surface area contributed by atoms with Gasteiger partial charge in [0.15, 0.2) is 0 Å². The van der Waals surface area contributed by atoms with Crippen molar-refractivity contribution in [2.24, 2.45) is 17.8 Å². The van der Waals surface area contributed by atoms with Crippen LogP contribution in [-0.4, -0.2) is 23.9 Å². The highest BCUT2D eigenvalue weighted by Crippen LogP contribution is 2.72. The van der Waals surface area contributed by atoms with Crippen molar-refractivity contribution in [3.8, 4) is 0 Å². The van der Waals surface area contributed by atoms with Gasteiger partial charge in [-0.3, -0.25) is 0 Å². The summed E-state index contributed by atoms with van der Waals surface area (Å²) >= 11 is 0. The van der Waals surface area contributed by atoms with E-state index in [4.69, 9.17) is 9.47 Å². The maximum Gasteiger partial charge on any atom is 0.0875 e. The third-order valence-electron chi connectivity index (χ3n) is 4.81. The van der Waals surface area contributed by atoms with Gasteiger partial charge in [-0.25, -0.2) is 0 Å². The molecule has 0 radical (unpaired) electrons. The fraction of sp³-hybridized carbons (Fsp3) is 0.846. The van der Waals surface area contributed by atoms with Crippen LogP contribution >= 0.6 is 0 Å². The van der Waals surface area contributed by atoms with Crippen molar-refractivity contribution in [1.82, 2.24) is 0 Å². The van der Waals surface area contributed by atoms with Gasteiger partial charge in [0, 0.05) is 17.8 Å². The van der Waals surface area contributed by atoms with Crippen molar-refractivity contribution in [3.63, 3.8) is 0 Å². The Balaban J connectivity index is 1.72. The standard InChI is InChI=1S/C13H18O2/c1-7-5-8(2)15-13-9-3-4-10(13)12(13)11(6-9)14-7/h3-4,7-12H,5-6H2,1-2H3/t7-,8+,9+,10-,11+,12-,13+/m1/s1. The van der Waals surface area contributed by atoms with Gasteiger partial charge in [-0.1, -0.05) is 12.2 Å². The fourth-order valence-corrected chi connectivity index (χ4v) is 4.39. The minimum atomic E-state index is 0.185. The van der Waals surface area contributed by atoms with Crippen molar-refractivity contribution in [3.05, 3.63) is 12.2 Å². The highest BCUT2D eigenvalue weighted by atomic mass is 16.5. The zero-order chi connectivity index (χ0) is 10.2. The summed E-state index contributed by atoms with van der Waals surface area (Å²) in [6.07, 6.45) is 8.17. The SMILES string of the molecule is C[C@@H]1C[C@H](C)O[C@@]23[C@H]4[C@H](C[C@@H]2C=C[C@H]43)O1. The predicted molar refractivity (Wildman–Crippen MR) is 56.5 cm³/mol. The van der Waals surface area contributed by atoms with E-state index in [9.17, 15) is 0 Å². The minimum Gasteiger partial charge on any atom is -0.375 e. The van der Waals surface area contributed by atoms with Crippen LogP contribution in [0.2, 0.25) is 0 Å². The molecule has 0 aromatic heterocycles. The molecule has 2 bridgehead atoms. The quantitative estimate of drug-likeness (QED) is 0.565. The average Bonchev–Trinajstić information content (AvgIpc) is 2.56. The maximum absolute atomic E-state index is 6.36. The third-order valence-corrected chi connectivity index (χ3v) is 4.81. The molecular weight excluding hydrogens is 188 g/mol. The van der Waals surface area contributed by atoms with Gasteiger partial charge in [0.1, 0.15) is 0 Å². The smallest absolute Gasteiger partial charge is 0.0875 e. The molecule has 2 heteroatoms. The third kappa shape index (κ3) is 0.891. The topological polar surface area (TPSA) is 18.5 Å². The normalized spacial score (nSPS) is 64.9. The van der Waals surface area contributed by atoms with Crippen molar-refractivity contribution < 1.29 is 9.47 Å². The lowest BCUT2D eigenvalue weighted by Gasteiger charge is -2.27. The molecule has 1 spiro atoms. The number of hydrogen-bond acceptors (Lipinski definition) is 2. The van der Waals surface area contributed by atoms with Gasteiger partial charge in [0.05, 0.1) is 23.9 Å². The van der Waals surface area contributed by atoms with E-state index in [1.54, 1.807) is 0 Å². The van der Waals surface area contributed by atoms with Gasteiger partial charge in [0.25, 0.3) is 0 Å². The first-order valence-corrected chi connectivity index (χ1v) is 6.23. The molecule has 4 aliphatic rings. The first-order chi connectivity index (χ1) is 7.22. The molecule has 82 valence electrons. The Hall–Kier alpha value is -0.340.